The van der Waals surface area contributed by atoms with Crippen LogP contribution in [-0.2, 0) is 9.47 Å². The summed E-state index contributed by atoms with van der Waals surface area (Å²) in [6, 6.07) is 1.57. The fourth-order valence-corrected chi connectivity index (χ4v) is 2.02. The van der Waals surface area contributed by atoms with Gasteiger partial charge in [0.1, 0.15) is 11.2 Å². The van der Waals surface area contributed by atoms with Gasteiger partial charge in [0.2, 0.25) is 0 Å². The van der Waals surface area contributed by atoms with Gasteiger partial charge in [0.05, 0.1) is 9.26 Å². The minimum atomic E-state index is -0.786. The van der Waals surface area contributed by atoms with Gasteiger partial charge in [0.25, 0.3) is 0 Å². The first-order valence-corrected chi connectivity index (χ1v) is 7.84. The quantitative estimate of drug-likeness (QED) is 0.632. The van der Waals surface area contributed by atoms with Crippen molar-refractivity contribution in [2.75, 3.05) is 4.90 Å². The van der Waals surface area contributed by atoms with E-state index in [1.807, 2.05) is 22.6 Å². The smallest absolute Gasteiger partial charge is 0.424 e. The Morgan fingerprint density at radius 2 is 1.50 bits per heavy atom. The molecule has 0 N–H and O–H groups in total. The van der Waals surface area contributed by atoms with Crippen molar-refractivity contribution in [1.29, 1.82) is 0 Å². The molecule has 0 aliphatic carbocycles. The zero-order valence-electron chi connectivity index (χ0n) is 13.6. The number of carbonyl (C=O) groups excluding carboxylic acids is 2. The zero-order chi connectivity index (χ0) is 17.1. The van der Waals surface area contributed by atoms with Crippen molar-refractivity contribution in [2.24, 2.45) is 0 Å². The summed E-state index contributed by atoms with van der Waals surface area (Å²) in [5.41, 5.74) is -1.08. The highest BCUT2D eigenvalue weighted by atomic mass is 127. The molecular weight excluding hydrogens is 399 g/mol. The summed E-state index contributed by atoms with van der Waals surface area (Å²) in [5.74, 6) is 0. The normalized spacial score (nSPS) is 11.8. The second kappa shape index (κ2) is 6.80. The van der Waals surface area contributed by atoms with Gasteiger partial charge in [-0.25, -0.2) is 9.59 Å². The fraction of sp³-hybridized carbons (Fsp3) is 0.533. The Labute approximate surface area is 144 Å². The molecule has 0 aliphatic rings. The van der Waals surface area contributed by atoms with Gasteiger partial charge in [0, 0.05) is 12.4 Å². The molecule has 0 radical (unpaired) electrons. The van der Waals surface area contributed by atoms with E-state index in [0.717, 1.165) is 4.90 Å². The summed E-state index contributed by atoms with van der Waals surface area (Å²) in [6.07, 6.45) is 1.48. The minimum absolute atomic E-state index is 0.374. The number of halogens is 1. The van der Waals surface area contributed by atoms with E-state index in [-0.39, 0.29) is 0 Å². The number of ether oxygens (including phenoxy) is 2. The molecule has 0 bridgehead atoms. The van der Waals surface area contributed by atoms with E-state index in [9.17, 15) is 9.59 Å². The highest BCUT2D eigenvalue weighted by Gasteiger charge is 2.33. The predicted molar refractivity (Wildman–Crippen MR) is 91.9 cm³/mol. The first-order chi connectivity index (χ1) is 9.91. The van der Waals surface area contributed by atoms with Crippen LogP contribution in [0.1, 0.15) is 41.5 Å². The maximum Gasteiger partial charge on any atom is 0.424 e. The monoisotopic (exact) mass is 420 g/mol. The maximum absolute atomic E-state index is 12.4. The number of amides is 2. The molecule has 122 valence electrons. The van der Waals surface area contributed by atoms with Gasteiger partial charge in [-0.05, 0) is 70.2 Å². The van der Waals surface area contributed by atoms with Crippen LogP contribution in [0, 0.1) is 3.57 Å². The Bertz CT molecular complexity index is 533. The van der Waals surface area contributed by atoms with Crippen LogP contribution in [0.3, 0.4) is 0 Å². The van der Waals surface area contributed by atoms with E-state index >= 15 is 0 Å². The summed E-state index contributed by atoms with van der Waals surface area (Å²) >= 11 is 2.00. The van der Waals surface area contributed by atoms with Crippen LogP contribution in [0.25, 0.3) is 0 Å². The minimum Gasteiger partial charge on any atom is -0.443 e. The SMILES string of the molecule is CC(C)(C)OC(=O)N(C(=O)OC(C)(C)C)c1ccncc1I. The molecule has 7 heteroatoms. The second-order valence-corrected chi connectivity index (χ2v) is 7.79. The number of aromatic nitrogens is 1. The fourth-order valence-electron chi connectivity index (χ4n) is 1.44. The molecule has 1 aromatic rings. The number of imide groups is 1. The molecule has 0 aromatic carbocycles. The van der Waals surface area contributed by atoms with E-state index < -0.39 is 23.4 Å². The number of nitrogens with zero attached hydrogens (tertiary/aromatic N) is 2. The molecule has 0 atom stereocenters. The molecule has 1 aromatic heterocycles. The lowest BCUT2D eigenvalue weighted by atomic mass is 10.2. The molecule has 0 unspecified atom stereocenters. The Morgan fingerprint density at radius 1 is 1.05 bits per heavy atom. The summed E-state index contributed by atoms with van der Waals surface area (Å²) in [4.78, 5) is 29.7. The van der Waals surface area contributed by atoms with Crippen LogP contribution < -0.4 is 4.90 Å². The lowest BCUT2D eigenvalue weighted by molar-refractivity contribution is 0.0430. The molecule has 0 aliphatic heterocycles. The Balaban J connectivity index is 3.19. The van der Waals surface area contributed by atoms with Crippen LogP contribution in [0.4, 0.5) is 15.3 Å². The zero-order valence-corrected chi connectivity index (χ0v) is 15.8. The number of anilines is 1. The van der Waals surface area contributed by atoms with E-state index in [1.54, 1.807) is 53.8 Å². The van der Waals surface area contributed by atoms with E-state index in [1.165, 1.54) is 6.20 Å². The maximum atomic E-state index is 12.4. The van der Waals surface area contributed by atoms with Crippen molar-refractivity contribution in [2.45, 2.75) is 52.7 Å². The topological polar surface area (TPSA) is 68.7 Å². The van der Waals surface area contributed by atoms with Gasteiger partial charge in [-0.2, -0.15) is 4.90 Å². The van der Waals surface area contributed by atoms with E-state index in [0.29, 0.717) is 9.26 Å². The van der Waals surface area contributed by atoms with Crippen molar-refractivity contribution >= 4 is 40.5 Å². The Hall–Kier alpha value is -1.38. The van der Waals surface area contributed by atoms with Crippen molar-refractivity contribution in [3.05, 3.63) is 22.0 Å². The van der Waals surface area contributed by atoms with Crippen LogP contribution in [0.15, 0.2) is 18.5 Å². The lowest BCUT2D eigenvalue weighted by Gasteiger charge is -2.28. The number of hydrogen-bond donors (Lipinski definition) is 0. The third-order valence-corrected chi connectivity index (χ3v) is 2.98. The van der Waals surface area contributed by atoms with Gasteiger partial charge in [0.15, 0.2) is 0 Å². The highest BCUT2D eigenvalue weighted by Crippen LogP contribution is 2.25. The average molecular weight is 420 g/mol. The van der Waals surface area contributed by atoms with Gasteiger partial charge in [-0.1, -0.05) is 0 Å². The first kappa shape index (κ1) is 18.7. The molecule has 22 heavy (non-hydrogen) atoms. The largest absolute Gasteiger partial charge is 0.443 e. The molecule has 0 spiro atoms. The summed E-state index contributed by atoms with van der Waals surface area (Å²) < 4.78 is 11.3. The number of carbonyl (C=O) groups is 2. The molecule has 0 saturated heterocycles. The highest BCUT2D eigenvalue weighted by molar-refractivity contribution is 14.1. The van der Waals surface area contributed by atoms with Crippen LogP contribution in [0.2, 0.25) is 0 Å². The van der Waals surface area contributed by atoms with Crippen molar-refractivity contribution < 1.29 is 19.1 Å². The molecule has 0 fully saturated rings. The first-order valence-electron chi connectivity index (χ1n) is 6.76. The molecule has 1 heterocycles. The third-order valence-electron chi connectivity index (χ3n) is 2.14. The molecule has 2 amide bonds. The van der Waals surface area contributed by atoms with Crippen LogP contribution >= 0.6 is 22.6 Å². The molecule has 6 nitrogen and oxygen atoms in total. The van der Waals surface area contributed by atoms with Crippen molar-refractivity contribution in [3.63, 3.8) is 0 Å². The average Bonchev–Trinajstić information content (AvgIpc) is 2.27. The summed E-state index contributed by atoms with van der Waals surface area (Å²) in [7, 11) is 0. The van der Waals surface area contributed by atoms with Gasteiger partial charge in [-0.3, -0.25) is 4.98 Å². The van der Waals surface area contributed by atoms with Gasteiger partial charge in [-0.15, -0.1) is 0 Å². The Kier molecular flexibility index (Phi) is 5.77. The predicted octanol–water partition coefficient (Wildman–Crippen LogP) is 4.36. The van der Waals surface area contributed by atoms with Crippen molar-refractivity contribution in [1.82, 2.24) is 4.98 Å². The standard InChI is InChI=1S/C15H21IN2O4/c1-14(2,3)21-12(19)18(13(20)22-15(4,5)6)11-7-8-17-9-10(11)16/h7-9H,1-6H3. The van der Waals surface area contributed by atoms with Crippen LogP contribution in [0.5, 0.6) is 0 Å². The second-order valence-electron chi connectivity index (χ2n) is 6.62. The molecular formula is C15H21IN2O4. The van der Waals surface area contributed by atoms with Gasteiger partial charge < -0.3 is 9.47 Å². The number of hydrogen-bond acceptors (Lipinski definition) is 5. The Morgan fingerprint density at radius 3 is 1.86 bits per heavy atom. The van der Waals surface area contributed by atoms with Crippen LogP contribution in [-0.4, -0.2) is 28.4 Å². The van der Waals surface area contributed by atoms with E-state index in [2.05, 4.69) is 4.98 Å². The lowest BCUT2D eigenvalue weighted by Crippen LogP contribution is -2.44. The van der Waals surface area contributed by atoms with Crippen molar-refractivity contribution in [3.8, 4) is 0 Å². The molecule has 0 saturated carbocycles. The molecule has 1 rings (SSSR count). The van der Waals surface area contributed by atoms with Gasteiger partial charge >= 0.3 is 12.2 Å². The summed E-state index contributed by atoms with van der Waals surface area (Å²) in [5, 5.41) is 0. The number of rotatable bonds is 1. The number of pyridine rings is 1. The third kappa shape index (κ3) is 5.78. The summed E-state index contributed by atoms with van der Waals surface area (Å²) in [6.45, 7) is 10.4. The van der Waals surface area contributed by atoms with E-state index in [4.69, 9.17) is 9.47 Å².